The summed E-state index contributed by atoms with van der Waals surface area (Å²) in [5.74, 6) is 0.466. The molecule has 0 aromatic heterocycles. The van der Waals surface area contributed by atoms with Crippen molar-refractivity contribution in [2.75, 3.05) is 11.6 Å². The van der Waals surface area contributed by atoms with E-state index in [1.165, 1.54) is 12.1 Å². The van der Waals surface area contributed by atoms with Gasteiger partial charge in [0.2, 0.25) is 0 Å². The SMILES string of the molecule is CS(=O)Cc1cccc(C(=O)Nc2cccc(OCc3ccc(F)cc3)c2)c1. The zero-order chi connectivity index (χ0) is 19.9. The van der Waals surface area contributed by atoms with Crippen LogP contribution >= 0.6 is 0 Å². The summed E-state index contributed by atoms with van der Waals surface area (Å²) in [6.07, 6.45) is 1.63. The maximum atomic E-state index is 13.0. The van der Waals surface area contributed by atoms with Gasteiger partial charge in [0.1, 0.15) is 18.2 Å². The lowest BCUT2D eigenvalue weighted by Gasteiger charge is -2.10. The maximum absolute atomic E-state index is 13.0. The Morgan fingerprint density at radius 2 is 1.75 bits per heavy atom. The lowest BCUT2D eigenvalue weighted by atomic mass is 10.1. The summed E-state index contributed by atoms with van der Waals surface area (Å²) in [5, 5.41) is 2.84. The molecule has 1 unspecified atom stereocenters. The van der Waals surface area contributed by atoms with Crippen molar-refractivity contribution in [2.24, 2.45) is 0 Å². The Kier molecular flexibility index (Phi) is 6.55. The first-order valence-corrected chi connectivity index (χ1v) is 10.4. The standard InChI is InChI=1S/C22H20FNO3S/c1-28(26)15-17-4-2-5-18(12-17)22(25)24-20-6-3-7-21(13-20)27-14-16-8-10-19(23)11-9-16/h2-13H,14-15H2,1H3,(H,24,25). The summed E-state index contributed by atoms with van der Waals surface area (Å²) >= 11 is 0. The predicted octanol–water partition coefficient (Wildman–Crippen LogP) is 4.54. The topological polar surface area (TPSA) is 55.4 Å². The molecule has 0 aliphatic rings. The molecule has 3 aromatic rings. The monoisotopic (exact) mass is 397 g/mol. The Morgan fingerprint density at radius 3 is 2.50 bits per heavy atom. The smallest absolute Gasteiger partial charge is 0.255 e. The fourth-order valence-corrected chi connectivity index (χ4v) is 3.30. The van der Waals surface area contributed by atoms with Crippen LogP contribution in [0.3, 0.4) is 0 Å². The summed E-state index contributed by atoms with van der Waals surface area (Å²) in [6.45, 7) is 0.299. The third-order valence-corrected chi connectivity index (χ3v) is 4.71. The fourth-order valence-electron chi connectivity index (χ4n) is 2.65. The first kappa shape index (κ1) is 19.8. The molecule has 28 heavy (non-hydrogen) atoms. The van der Waals surface area contributed by atoms with Crippen LogP contribution in [0.1, 0.15) is 21.5 Å². The molecule has 3 aromatic carbocycles. The average Bonchev–Trinajstić information content (AvgIpc) is 2.67. The highest BCUT2D eigenvalue weighted by molar-refractivity contribution is 7.83. The summed E-state index contributed by atoms with van der Waals surface area (Å²) in [4.78, 5) is 12.5. The van der Waals surface area contributed by atoms with Gasteiger partial charge < -0.3 is 10.1 Å². The second kappa shape index (κ2) is 9.28. The molecule has 0 saturated carbocycles. The molecule has 144 valence electrons. The molecule has 0 heterocycles. The molecule has 1 amide bonds. The van der Waals surface area contributed by atoms with Crippen LogP contribution in [0.2, 0.25) is 0 Å². The second-order valence-electron chi connectivity index (χ2n) is 6.32. The zero-order valence-electron chi connectivity index (χ0n) is 15.4. The van der Waals surface area contributed by atoms with Crippen LogP contribution < -0.4 is 10.1 Å². The number of amides is 1. The predicted molar refractivity (Wildman–Crippen MR) is 109 cm³/mol. The molecule has 0 aliphatic heterocycles. The van der Waals surface area contributed by atoms with Crippen LogP contribution in [0.4, 0.5) is 10.1 Å². The van der Waals surface area contributed by atoms with Crippen LogP contribution in [0.25, 0.3) is 0 Å². The van der Waals surface area contributed by atoms with Gasteiger partial charge in [0.15, 0.2) is 0 Å². The van der Waals surface area contributed by atoms with Crippen molar-refractivity contribution in [2.45, 2.75) is 12.4 Å². The van der Waals surface area contributed by atoms with Crippen LogP contribution in [0, 0.1) is 5.82 Å². The third-order valence-electron chi connectivity index (χ3n) is 3.97. The number of carbonyl (C=O) groups is 1. The van der Waals surface area contributed by atoms with Crippen molar-refractivity contribution in [1.29, 1.82) is 0 Å². The van der Waals surface area contributed by atoms with Crippen LogP contribution in [-0.4, -0.2) is 16.4 Å². The normalized spacial score (nSPS) is 11.6. The minimum absolute atomic E-state index is 0.251. The Morgan fingerprint density at radius 1 is 1.00 bits per heavy atom. The van der Waals surface area contributed by atoms with E-state index < -0.39 is 10.8 Å². The van der Waals surface area contributed by atoms with E-state index >= 15 is 0 Å². The Balaban J connectivity index is 1.64. The number of rotatable bonds is 7. The van der Waals surface area contributed by atoms with Gasteiger partial charge in [-0.2, -0.15) is 0 Å². The summed E-state index contributed by atoms with van der Waals surface area (Å²) in [6, 6.07) is 20.3. The molecule has 0 radical (unpaired) electrons. The molecule has 1 N–H and O–H groups in total. The lowest BCUT2D eigenvalue weighted by Crippen LogP contribution is -2.12. The second-order valence-corrected chi connectivity index (χ2v) is 7.75. The van der Waals surface area contributed by atoms with E-state index in [9.17, 15) is 13.4 Å². The molecule has 0 spiro atoms. The number of halogens is 1. The van der Waals surface area contributed by atoms with E-state index in [0.717, 1.165) is 11.1 Å². The van der Waals surface area contributed by atoms with E-state index in [1.807, 2.05) is 6.07 Å². The molecule has 1 atom stereocenters. The van der Waals surface area contributed by atoms with Gasteiger partial charge in [-0.15, -0.1) is 0 Å². The first-order valence-electron chi connectivity index (χ1n) is 8.67. The van der Waals surface area contributed by atoms with Crippen LogP contribution in [0.15, 0.2) is 72.8 Å². The van der Waals surface area contributed by atoms with Gasteiger partial charge in [-0.1, -0.05) is 30.3 Å². The van der Waals surface area contributed by atoms with Crippen molar-refractivity contribution in [3.8, 4) is 5.75 Å². The maximum Gasteiger partial charge on any atom is 0.255 e. The van der Waals surface area contributed by atoms with Crippen molar-refractivity contribution in [3.05, 3.63) is 95.3 Å². The fraction of sp³-hybridized carbons (Fsp3) is 0.136. The Labute approximate surface area is 165 Å². The van der Waals surface area contributed by atoms with Gasteiger partial charge in [0.05, 0.1) is 0 Å². The molecule has 0 fully saturated rings. The molecule has 0 saturated heterocycles. The average molecular weight is 397 g/mol. The molecule has 3 rings (SSSR count). The highest BCUT2D eigenvalue weighted by Crippen LogP contribution is 2.20. The van der Waals surface area contributed by atoms with E-state index in [1.54, 1.807) is 60.9 Å². The number of hydrogen-bond donors (Lipinski definition) is 1. The summed E-state index contributed by atoms with van der Waals surface area (Å²) in [7, 11) is -0.968. The van der Waals surface area contributed by atoms with Crippen molar-refractivity contribution >= 4 is 22.4 Å². The molecular formula is C22H20FNO3S. The molecule has 6 heteroatoms. The molecule has 4 nitrogen and oxygen atoms in total. The number of benzene rings is 3. The summed E-state index contributed by atoms with van der Waals surface area (Å²) in [5.41, 5.74) is 2.80. The molecule has 0 bridgehead atoms. The van der Waals surface area contributed by atoms with Crippen LogP contribution in [-0.2, 0) is 23.2 Å². The van der Waals surface area contributed by atoms with Crippen LogP contribution in [0.5, 0.6) is 5.75 Å². The van der Waals surface area contributed by atoms with Crippen molar-refractivity contribution < 1.29 is 18.1 Å². The Bertz CT molecular complexity index is 989. The van der Waals surface area contributed by atoms with Gasteiger partial charge in [-0.25, -0.2) is 4.39 Å². The van der Waals surface area contributed by atoms with E-state index in [0.29, 0.717) is 29.4 Å². The van der Waals surface area contributed by atoms with Gasteiger partial charge >= 0.3 is 0 Å². The number of nitrogens with one attached hydrogen (secondary N) is 1. The van der Waals surface area contributed by atoms with Gasteiger partial charge in [0, 0.05) is 40.1 Å². The molecular weight excluding hydrogens is 377 g/mol. The third kappa shape index (κ3) is 5.76. The first-order chi connectivity index (χ1) is 13.5. The minimum Gasteiger partial charge on any atom is -0.489 e. The van der Waals surface area contributed by atoms with Crippen molar-refractivity contribution in [3.63, 3.8) is 0 Å². The minimum atomic E-state index is -0.968. The number of ether oxygens (including phenoxy) is 1. The Hall–Kier alpha value is -2.99. The number of hydrogen-bond acceptors (Lipinski definition) is 3. The van der Waals surface area contributed by atoms with E-state index in [4.69, 9.17) is 4.74 Å². The van der Waals surface area contributed by atoms with E-state index in [2.05, 4.69) is 5.32 Å². The highest BCUT2D eigenvalue weighted by atomic mass is 32.2. The largest absolute Gasteiger partial charge is 0.489 e. The quantitative estimate of drug-likeness (QED) is 0.637. The zero-order valence-corrected chi connectivity index (χ0v) is 16.2. The lowest BCUT2D eigenvalue weighted by molar-refractivity contribution is 0.102. The molecule has 0 aliphatic carbocycles. The van der Waals surface area contributed by atoms with Crippen molar-refractivity contribution in [1.82, 2.24) is 0 Å². The summed E-state index contributed by atoms with van der Waals surface area (Å²) < 4.78 is 30.1. The highest BCUT2D eigenvalue weighted by Gasteiger charge is 2.08. The van der Waals surface area contributed by atoms with Gasteiger partial charge in [-0.05, 0) is 47.5 Å². The van der Waals surface area contributed by atoms with E-state index in [-0.39, 0.29) is 11.7 Å². The van der Waals surface area contributed by atoms with Gasteiger partial charge in [0.25, 0.3) is 5.91 Å². The van der Waals surface area contributed by atoms with Gasteiger partial charge in [-0.3, -0.25) is 9.00 Å². The number of anilines is 1. The number of carbonyl (C=O) groups excluding carboxylic acids is 1.